The summed E-state index contributed by atoms with van der Waals surface area (Å²) in [6.45, 7) is 13.3. The van der Waals surface area contributed by atoms with Crippen LogP contribution in [0.3, 0.4) is 0 Å². The first kappa shape index (κ1) is 26.4. The highest BCUT2D eigenvalue weighted by molar-refractivity contribution is 5.39. The highest BCUT2D eigenvalue weighted by Crippen LogP contribution is 2.57. The third-order valence-corrected chi connectivity index (χ3v) is 9.37. The topological polar surface area (TPSA) is 60.7 Å². The maximum Gasteiger partial charge on any atom is 0.0642 e. The molecule has 3 nitrogen and oxygen atoms in total. The quantitative estimate of drug-likeness (QED) is 0.340. The lowest BCUT2D eigenvalue weighted by atomic mass is 9.62. The molecule has 0 spiro atoms. The second-order valence-corrected chi connectivity index (χ2v) is 11.4. The summed E-state index contributed by atoms with van der Waals surface area (Å²) in [5.74, 6) is 1.11. The molecule has 2 saturated carbocycles. The Morgan fingerprint density at radius 3 is 2.67 bits per heavy atom. The van der Waals surface area contributed by atoms with Crippen LogP contribution in [0.2, 0.25) is 0 Å². The molecule has 2 fully saturated rings. The minimum absolute atomic E-state index is 0.0197. The average Bonchev–Trinajstić information content (AvgIpc) is 3.16. The molecule has 3 N–H and O–H groups in total. The van der Waals surface area contributed by atoms with Gasteiger partial charge in [0.15, 0.2) is 0 Å². The third-order valence-electron chi connectivity index (χ3n) is 9.37. The lowest BCUT2D eigenvalue weighted by molar-refractivity contribution is 0.0204. The number of fused-ring (bicyclic) bond motifs is 1. The highest BCUT2D eigenvalue weighted by Gasteiger charge is 2.45. The number of hydrogen-bond acceptors (Lipinski definition) is 3. The van der Waals surface area contributed by atoms with Gasteiger partial charge in [0, 0.05) is 5.92 Å². The van der Waals surface area contributed by atoms with E-state index in [9.17, 15) is 15.3 Å². The molecule has 0 amide bonds. The number of aliphatic hydroxyl groups excluding tert-OH is 2. The minimum Gasteiger partial charge on any atom is -0.396 e. The Hall–Kier alpha value is -1.16. The van der Waals surface area contributed by atoms with Gasteiger partial charge in [0.1, 0.15) is 0 Å². The van der Waals surface area contributed by atoms with Crippen molar-refractivity contribution in [2.45, 2.75) is 110 Å². The van der Waals surface area contributed by atoms with E-state index in [0.717, 1.165) is 56.1 Å². The van der Waals surface area contributed by atoms with Gasteiger partial charge >= 0.3 is 0 Å². The molecule has 0 bridgehead atoms. The first-order valence-electron chi connectivity index (χ1n) is 13.5. The van der Waals surface area contributed by atoms with Crippen LogP contribution in [0.1, 0.15) is 98.3 Å². The van der Waals surface area contributed by atoms with Gasteiger partial charge in [0.2, 0.25) is 0 Å². The Bertz CT molecular complexity index is 784. The fourth-order valence-electron chi connectivity index (χ4n) is 6.88. The smallest absolute Gasteiger partial charge is 0.0642 e. The van der Waals surface area contributed by atoms with E-state index in [1.807, 2.05) is 0 Å². The van der Waals surface area contributed by atoms with Gasteiger partial charge in [0.05, 0.1) is 18.3 Å². The van der Waals surface area contributed by atoms with Gasteiger partial charge in [-0.05, 0) is 92.6 Å². The van der Waals surface area contributed by atoms with Crippen molar-refractivity contribution in [2.24, 2.45) is 23.2 Å². The average molecular weight is 457 g/mol. The van der Waals surface area contributed by atoms with Crippen LogP contribution in [0.5, 0.6) is 0 Å². The maximum atomic E-state index is 10.7. The van der Waals surface area contributed by atoms with Gasteiger partial charge < -0.3 is 15.3 Å². The zero-order chi connectivity index (χ0) is 24.2. The molecule has 0 aromatic rings. The SMILES string of the molecule is C=C1/C(=C\C=C2/CCC[C@]3(C)C([C@H](C)CCCC(O)(CC)CC)=CC[C@@H]23)C[C@H](O)C[C@H]1CO. The third kappa shape index (κ3) is 5.74. The maximum absolute atomic E-state index is 10.7. The molecule has 3 rings (SSSR count). The predicted octanol–water partition coefficient (Wildman–Crippen LogP) is 6.65. The summed E-state index contributed by atoms with van der Waals surface area (Å²) in [4.78, 5) is 0. The first-order valence-corrected chi connectivity index (χ1v) is 13.5. The molecule has 0 aromatic heterocycles. The number of allylic oxidation sites excluding steroid dienone is 5. The summed E-state index contributed by atoms with van der Waals surface area (Å²) < 4.78 is 0. The van der Waals surface area contributed by atoms with E-state index >= 15 is 0 Å². The molecule has 3 heteroatoms. The molecule has 0 aromatic carbocycles. The molecule has 33 heavy (non-hydrogen) atoms. The normalized spacial score (nSPS) is 34.0. The van der Waals surface area contributed by atoms with Crippen LogP contribution in [0.25, 0.3) is 0 Å². The minimum atomic E-state index is -0.490. The zero-order valence-corrected chi connectivity index (χ0v) is 21.6. The summed E-state index contributed by atoms with van der Waals surface area (Å²) >= 11 is 0. The standard InChI is InChI=1S/C30H48O3/c1-6-30(33,7-2)17-8-10-21(3)27-14-15-28-23(11-9-16-29(27,28)5)12-13-24-18-26(32)19-25(20-31)22(24)4/h12-14,21,25-26,28,31-33H,4,6-11,15-20H2,1-3,5H3/b23-12+,24-13-/t21-,25+,26+,28+,29-/m1/s1. The van der Waals surface area contributed by atoms with Crippen LogP contribution in [-0.2, 0) is 0 Å². The van der Waals surface area contributed by atoms with Crippen molar-refractivity contribution < 1.29 is 15.3 Å². The van der Waals surface area contributed by atoms with Crippen LogP contribution in [0.4, 0.5) is 0 Å². The van der Waals surface area contributed by atoms with Crippen molar-refractivity contribution in [3.05, 3.63) is 47.1 Å². The summed E-state index contributed by atoms with van der Waals surface area (Å²) in [5, 5.41) is 30.5. The van der Waals surface area contributed by atoms with Gasteiger partial charge in [-0.15, -0.1) is 0 Å². The van der Waals surface area contributed by atoms with E-state index in [1.165, 1.54) is 18.4 Å². The van der Waals surface area contributed by atoms with Crippen LogP contribution >= 0.6 is 0 Å². The van der Waals surface area contributed by atoms with Crippen molar-refractivity contribution >= 4 is 0 Å². The second kappa shape index (κ2) is 11.1. The highest BCUT2D eigenvalue weighted by atomic mass is 16.3. The van der Waals surface area contributed by atoms with E-state index < -0.39 is 5.60 Å². The summed E-state index contributed by atoms with van der Waals surface area (Å²) in [6.07, 6.45) is 17.5. The van der Waals surface area contributed by atoms with E-state index in [0.29, 0.717) is 24.7 Å². The monoisotopic (exact) mass is 456 g/mol. The van der Waals surface area contributed by atoms with Crippen LogP contribution in [0, 0.1) is 23.2 Å². The van der Waals surface area contributed by atoms with E-state index in [2.05, 4.69) is 52.5 Å². The van der Waals surface area contributed by atoms with Crippen molar-refractivity contribution in [2.75, 3.05) is 6.61 Å². The number of rotatable bonds is 9. The van der Waals surface area contributed by atoms with Gasteiger partial charge in [-0.25, -0.2) is 0 Å². The molecule has 5 atom stereocenters. The zero-order valence-electron chi connectivity index (χ0n) is 21.6. The first-order chi connectivity index (χ1) is 15.7. The molecule has 186 valence electrons. The summed E-state index contributed by atoms with van der Waals surface area (Å²) in [7, 11) is 0. The van der Waals surface area contributed by atoms with Gasteiger partial charge in [-0.3, -0.25) is 0 Å². The van der Waals surface area contributed by atoms with Gasteiger partial charge in [0.25, 0.3) is 0 Å². The van der Waals surface area contributed by atoms with E-state index in [1.54, 1.807) is 5.57 Å². The molecule has 0 saturated heterocycles. The molecule has 0 radical (unpaired) electrons. The summed E-state index contributed by atoms with van der Waals surface area (Å²) in [6, 6.07) is 0. The lowest BCUT2D eigenvalue weighted by Crippen LogP contribution is -2.32. The number of hydrogen-bond donors (Lipinski definition) is 3. The molecule has 0 aliphatic heterocycles. The number of aliphatic hydroxyl groups is 3. The fraction of sp³-hybridized carbons (Fsp3) is 0.733. The fourth-order valence-corrected chi connectivity index (χ4v) is 6.88. The predicted molar refractivity (Wildman–Crippen MR) is 138 cm³/mol. The Kier molecular flexibility index (Phi) is 8.86. The van der Waals surface area contributed by atoms with E-state index in [4.69, 9.17) is 0 Å². The summed E-state index contributed by atoms with van der Waals surface area (Å²) in [5.41, 5.74) is 5.03. The molecule has 3 aliphatic carbocycles. The van der Waals surface area contributed by atoms with E-state index in [-0.39, 0.29) is 24.0 Å². The van der Waals surface area contributed by atoms with Crippen molar-refractivity contribution in [1.82, 2.24) is 0 Å². The molecule has 0 heterocycles. The molecule has 3 aliphatic rings. The second-order valence-electron chi connectivity index (χ2n) is 11.4. The Morgan fingerprint density at radius 1 is 1.27 bits per heavy atom. The Morgan fingerprint density at radius 2 is 2.00 bits per heavy atom. The van der Waals surface area contributed by atoms with Crippen LogP contribution in [0.15, 0.2) is 47.1 Å². The molecular weight excluding hydrogens is 408 g/mol. The molecular formula is C30H48O3. The van der Waals surface area contributed by atoms with Crippen molar-refractivity contribution in [1.29, 1.82) is 0 Å². The van der Waals surface area contributed by atoms with Gasteiger partial charge in [-0.2, -0.15) is 0 Å². The molecule has 0 unspecified atom stereocenters. The lowest BCUT2D eigenvalue weighted by Gasteiger charge is -2.42. The Balaban J connectivity index is 1.69. The van der Waals surface area contributed by atoms with Crippen molar-refractivity contribution in [3.63, 3.8) is 0 Å². The van der Waals surface area contributed by atoms with Crippen LogP contribution in [-0.4, -0.2) is 33.6 Å². The van der Waals surface area contributed by atoms with Crippen molar-refractivity contribution in [3.8, 4) is 0 Å². The van der Waals surface area contributed by atoms with Crippen LogP contribution < -0.4 is 0 Å². The largest absolute Gasteiger partial charge is 0.396 e. The van der Waals surface area contributed by atoms with Gasteiger partial charge in [-0.1, -0.05) is 70.1 Å². The Labute approximate surface area is 202 Å².